The first-order valence-corrected chi connectivity index (χ1v) is 12.2. The van der Waals surface area contributed by atoms with E-state index < -0.39 is 30.2 Å². The third kappa shape index (κ3) is 5.96. The lowest BCUT2D eigenvalue weighted by Crippen LogP contribution is -2.43. The summed E-state index contributed by atoms with van der Waals surface area (Å²) >= 11 is 6.20. The largest absolute Gasteiger partial charge is 0.497 e. The second-order valence-electron chi connectivity index (χ2n) is 8.58. The summed E-state index contributed by atoms with van der Waals surface area (Å²) in [6.07, 6.45) is -0.00554. The van der Waals surface area contributed by atoms with Crippen molar-refractivity contribution in [3.05, 3.63) is 92.1 Å². The summed E-state index contributed by atoms with van der Waals surface area (Å²) in [5, 5.41) is 3.13. The van der Waals surface area contributed by atoms with Crippen LogP contribution in [0.3, 0.4) is 0 Å². The van der Waals surface area contributed by atoms with Gasteiger partial charge in [0.25, 0.3) is 5.56 Å². The molecular weight excluding hydrogens is 526 g/mol. The molecule has 4 aromatic rings. The van der Waals surface area contributed by atoms with Gasteiger partial charge in [-0.1, -0.05) is 35.9 Å². The molecular formula is C28H26ClN3O7. The van der Waals surface area contributed by atoms with Gasteiger partial charge in [0.1, 0.15) is 23.8 Å². The van der Waals surface area contributed by atoms with Crippen molar-refractivity contribution in [2.75, 3.05) is 26.6 Å². The molecule has 0 saturated heterocycles. The molecule has 10 nitrogen and oxygen atoms in total. The third-order valence-corrected chi connectivity index (χ3v) is 6.35. The number of halogens is 1. The lowest BCUT2D eigenvalue weighted by Gasteiger charge is -2.16. The maximum absolute atomic E-state index is 13.5. The van der Waals surface area contributed by atoms with Gasteiger partial charge in [0, 0.05) is 12.5 Å². The van der Waals surface area contributed by atoms with Gasteiger partial charge < -0.3 is 19.5 Å². The smallest absolute Gasteiger partial charge is 0.332 e. The van der Waals surface area contributed by atoms with E-state index in [4.69, 9.17) is 25.8 Å². The van der Waals surface area contributed by atoms with Gasteiger partial charge in [0.15, 0.2) is 5.78 Å². The molecule has 0 aliphatic heterocycles. The highest BCUT2D eigenvalue weighted by atomic mass is 35.5. The molecule has 0 bridgehead atoms. The van der Waals surface area contributed by atoms with E-state index in [2.05, 4.69) is 5.32 Å². The molecule has 1 aromatic heterocycles. The average molecular weight is 552 g/mol. The van der Waals surface area contributed by atoms with E-state index in [1.807, 2.05) is 0 Å². The fourth-order valence-corrected chi connectivity index (χ4v) is 4.44. The van der Waals surface area contributed by atoms with Crippen molar-refractivity contribution < 1.29 is 23.8 Å². The second-order valence-corrected chi connectivity index (χ2v) is 8.99. The van der Waals surface area contributed by atoms with Crippen LogP contribution in [0.15, 0.2) is 70.3 Å². The maximum Gasteiger partial charge on any atom is 0.332 e. The van der Waals surface area contributed by atoms with Gasteiger partial charge in [-0.05, 0) is 35.9 Å². The Kier molecular flexibility index (Phi) is 8.36. The van der Waals surface area contributed by atoms with Gasteiger partial charge in [-0.15, -0.1) is 0 Å². The monoisotopic (exact) mass is 551 g/mol. The first-order chi connectivity index (χ1) is 18.7. The summed E-state index contributed by atoms with van der Waals surface area (Å²) in [5.74, 6) is 0.321. The van der Waals surface area contributed by atoms with E-state index in [1.165, 1.54) is 33.5 Å². The number of amides is 1. The molecule has 0 atom stereocenters. The normalized spacial score (nSPS) is 10.8. The predicted octanol–water partition coefficient (Wildman–Crippen LogP) is 3.29. The minimum atomic E-state index is -0.785. The zero-order chi connectivity index (χ0) is 28.1. The van der Waals surface area contributed by atoms with E-state index in [0.29, 0.717) is 22.8 Å². The number of anilines is 1. The number of hydrogen-bond donors (Lipinski definition) is 1. The van der Waals surface area contributed by atoms with Crippen molar-refractivity contribution in [2.45, 2.75) is 19.5 Å². The third-order valence-electron chi connectivity index (χ3n) is 6.05. The van der Waals surface area contributed by atoms with E-state index >= 15 is 0 Å². The fraction of sp³-hybridized carbons (Fsp3) is 0.214. The Morgan fingerprint density at radius 3 is 2.31 bits per heavy atom. The molecule has 0 spiro atoms. The maximum atomic E-state index is 13.5. The van der Waals surface area contributed by atoms with Gasteiger partial charge in [0.2, 0.25) is 5.91 Å². The second kappa shape index (κ2) is 11.9. The molecule has 1 amide bonds. The number of fused-ring (bicyclic) bond motifs is 1. The number of ketones is 1. The van der Waals surface area contributed by atoms with Crippen molar-refractivity contribution in [3.63, 3.8) is 0 Å². The number of para-hydroxylation sites is 1. The summed E-state index contributed by atoms with van der Waals surface area (Å²) in [5.41, 5.74) is -0.186. The number of Topliss-reactive ketones (excluding diaryl/α,β-unsaturated/α-hetero) is 1. The number of rotatable bonds is 10. The topological polar surface area (TPSA) is 118 Å². The minimum Gasteiger partial charge on any atom is -0.497 e. The number of nitrogens with one attached hydrogen (secondary N) is 1. The number of ether oxygens (including phenoxy) is 3. The van der Waals surface area contributed by atoms with Crippen molar-refractivity contribution in [1.82, 2.24) is 9.13 Å². The molecule has 0 fully saturated rings. The van der Waals surface area contributed by atoms with E-state index in [-0.39, 0.29) is 33.8 Å². The van der Waals surface area contributed by atoms with Gasteiger partial charge in [-0.2, -0.15) is 0 Å². The quantitative estimate of drug-likeness (QED) is 0.321. The van der Waals surface area contributed by atoms with Crippen LogP contribution in [0.5, 0.6) is 17.2 Å². The number of hydrogen-bond acceptors (Lipinski definition) is 7. The summed E-state index contributed by atoms with van der Waals surface area (Å²) < 4.78 is 17.7. The summed E-state index contributed by atoms with van der Waals surface area (Å²) in [7, 11) is 4.40. The Hall–Kier alpha value is -4.57. The van der Waals surface area contributed by atoms with Crippen molar-refractivity contribution >= 4 is 39.9 Å². The molecule has 202 valence electrons. The first-order valence-electron chi connectivity index (χ1n) is 11.8. The minimum absolute atomic E-state index is 0.00554. The van der Waals surface area contributed by atoms with Crippen LogP contribution in [0.2, 0.25) is 5.02 Å². The standard InChI is InChI=1S/C28H26ClN3O7/c1-37-19-8-6-7-17(12-19)11-18(33)15-32-27(35)20-9-4-5-10-23(20)31(28(32)36)16-26(34)30-22-13-21(29)24(38-2)14-25(22)39-3/h4-10,12-14H,11,15-16H2,1-3H3,(H,30,34). The van der Waals surface area contributed by atoms with Crippen LogP contribution in [-0.2, 0) is 29.1 Å². The van der Waals surface area contributed by atoms with Crippen LogP contribution in [0, 0.1) is 0 Å². The zero-order valence-electron chi connectivity index (χ0n) is 21.5. The Balaban J connectivity index is 1.66. The summed E-state index contributed by atoms with van der Waals surface area (Å²) in [4.78, 5) is 52.6. The Labute approximate surface area is 228 Å². The van der Waals surface area contributed by atoms with E-state index in [1.54, 1.807) is 48.5 Å². The highest BCUT2D eigenvalue weighted by Crippen LogP contribution is 2.35. The molecule has 0 aliphatic rings. The van der Waals surface area contributed by atoms with Crippen molar-refractivity contribution in [2.24, 2.45) is 0 Å². The molecule has 0 unspecified atom stereocenters. The van der Waals surface area contributed by atoms with Crippen molar-refractivity contribution in [1.29, 1.82) is 0 Å². The number of carbonyl (C=O) groups excluding carboxylic acids is 2. The number of methoxy groups -OCH3 is 3. The summed E-state index contributed by atoms with van der Waals surface area (Å²) in [6.45, 7) is -0.889. The van der Waals surface area contributed by atoms with Gasteiger partial charge in [0.05, 0.1) is 49.5 Å². The van der Waals surface area contributed by atoms with E-state index in [0.717, 1.165) is 9.13 Å². The Morgan fingerprint density at radius 1 is 0.846 bits per heavy atom. The van der Waals surface area contributed by atoms with Gasteiger partial charge in [-0.25, -0.2) is 4.79 Å². The number of aromatic nitrogens is 2. The zero-order valence-corrected chi connectivity index (χ0v) is 22.3. The lowest BCUT2D eigenvalue weighted by atomic mass is 10.1. The molecule has 0 saturated carbocycles. The molecule has 0 radical (unpaired) electrons. The average Bonchev–Trinajstić information content (AvgIpc) is 2.93. The highest BCUT2D eigenvalue weighted by Gasteiger charge is 2.19. The Morgan fingerprint density at radius 2 is 1.59 bits per heavy atom. The molecule has 1 N–H and O–H groups in total. The lowest BCUT2D eigenvalue weighted by molar-refractivity contribution is -0.119. The SMILES string of the molecule is COc1cccc(CC(=O)Cn2c(=O)c3ccccc3n(CC(=O)Nc3cc(Cl)c(OC)cc3OC)c2=O)c1. The van der Waals surface area contributed by atoms with Crippen LogP contribution in [0.1, 0.15) is 5.56 Å². The van der Waals surface area contributed by atoms with Crippen molar-refractivity contribution in [3.8, 4) is 17.2 Å². The van der Waals surface area contributed by atoms with E-state index in [9.17, 15) is 19.2 Å². The van der Waals surface area contributed by atoms with Crippen LogP contribution in [0.4, 0.5) is 5.69 Å². The number of nitrogens with zero attached hydrogens (tertiary/aromatic N) is 2. The molecule has 4 rings (SSSR count). The highest BCUT2D eigenvalue weighted by molar-refractivity contribution is 6.32. The van der Waals surface area contributed by atoms with Gasteiger partial charge in [-0.3, -0.25) is 23.5 Å². The fourth-order valence-electron chi connectivity index (χ4n) is 4.20. The van der Waals surface area contributed by atoms with Crippen LogP contribution < -0.4 is 30.8 Å². The molecule has 11 heteroatoms. The molecule has 3 aromatic carbocycles. The van der Waals surface area contributed by atoms with Crippen LogP contribution in [-0.4, -0.2) is 42.2 Å². The first kappa shape index (κ1) is 27.5. The molecule has 0 aliphatic carbocycles. The van der Waals surface area contributed by atoms with Gasteiger partial charge >= 0.3 is 5.69 Å². The number of benzene rings is 3. The van der Waals surface area contributed by atoms with Crippen LogP contribution in [0.25, 0.3) is 10.9 Å². The Bertz CT molecular complexity index is 1680. The number of carbonyl (C=O) groups is 2. The molecule has 1 heterocycles. The predicted molar refractivity (Wildman–Crippen MR) is 147 cm³/mol. The summed E-state index contributed by atoms with van der Waals surface area (Å²) in [6, 6.07) is 16.4. The van der Waals surface area contributed by atoms with Crippen LogP contribution >= 0.6 is 11.6 Å². The molecule has 39 heavy (non-hydrogen) atoms.